The molecule has 6 nitrogen and oxygen atoms in total. The number of hydrogen-bond donors (Lipinski definition) is 1. The number of nitrogens with zero attached hydrogens (tertiary/aromatic N) is 1. The molecule has 0 aromatic heterocycles. The average molecular weight is 344 g/mol. The van der Waals surface area contributed by atoms with Gasteiger partial charge in [0.25, 0.3) is 5.91 Å². The quantitative estimate of drug-likeness (QED) is 0.814. The summed E-state index contributed by atoms with van der Waals surface area (Å²) in [6, 6.07) is 4.26. The Balaban J connectivity index is 1.87. The lowest BCUT2D eigenvalue weighted by molar-refractivity contribution is -0.210. The van der Waals surface area contributed by atoms with Crippen LogP contribution >= 0.6 is 0 Å². The molecule has 3 rings (SSSR count). The van der Waals surface area contributed by atoms with Crippen LogP contribution in [0.5, 0.6) is 5.75 Å². The first kappa shape index (κ1) is 16.6. The van der Waals surface area contributed by atoms with Gasteiger partial charge >= 0.3 is 12.1 Å². The van der Waals surface area contributed by atoms with E-state index in [1.165, 1.54) is 12.0 Å². The molecule has 0 aliphatic carbocycles. The Bertz CT molecular complexity index is 677. The summed E-state index contributed by atoms with van der Waals surface area (Å²) in [6.07, 6.45) is -6.03. The maximum absolute atomic E-state index is 12.6. The van der Waals surface area contributed by atoms with Gasteiger partial charge in [0.2, 0.25) is 0 Å². The first-order chi connectivity index (χ1) is 11.3. The molecule has 0 bridgehead atoms. The Kier molecular flexibility index (Phi) is 4.12. The minimum atomic E-state index is -5.08. The zero-order valence-corrected chi connectivity index (χ0v) is 12.7. The van der Waals surface area contributed by atoms with Crippen LogP contribution in [0.3, 0.4) is 0 Å². The third-order valence-corrected chi connectivity index (χ3v) is 4.15. The van der Waals surface area contributed by atoms with E-state index in [1.54, 1.807) is 18.2 Å². The van der Waals surface area contributed by atoms with Crippen molar-refractivity contribution in [3.8, 4) is 5.75 Å². The molecule has 1 N–H and O–H groups in total. The van der Waals surface area contributed by atoms with Crippen LogP contribution in [-0.2, 0) is 16.0 Å². The van der Waals surface area contributed by atoms with Gasteiger partial charge in [-0.3, -0.25) is 10.1 Å². The van der Waals surface area contributed by atoms with E-state index in [4.69, 9.17) is 4.74 Å². The number of amides is 1. The highest BCUT2D eigenvalue weighted by Crippen LogP contribution is 2.30. The van der Waals surface area contributed by atoms with Gasteiger partial charge in [-0.05, 0) is 30.2 Å². The summed E-state index contributed by atoms with van der Waals surface area (Å²) in [6.45, 7) is 0.568. The molecule has 2 aliphatic heterocycles. The minimum absolute atomic E-state index is 0.240. The van der Waals surface area contributed by atoms with Gasteiger partial charge in [0.05, 0.1) is 13.2 Å². The second-order valence-electron chi connectivity index (χ2n) is 5.57. The number of piperazine rings is 1. The molecule has 1 amide bonds. The first-order valence-electron chi connectivity index (χ1n) is 7.30. The number of rotatable bonds is 2. The molecule has 9 heteroatoms. The van der Waals surface area contributed by atoms with Crippen molar-refractivity contribution in [3.05, 3.63) is 29.3 Å². The van der Waals surface area contributed by atoms with Crippen LogP contribution in [0.25, 0.3) is 0 Å². The van der Waals surface area contributed by atoms with Gasteiger partial charge in [-0.2, -0.15) is 13.2 Å². The number of halogens is 3. The number of methoxy groups -OCH3 is 1. The molecule has 2 heterocycles. The number of carbonyl (C=O) groups is 2. The summed E-state index contributed by atoms with van der Waals surface area (Å²) >= 11 is 0. The normalized spacial score (nSPS) is 23.3. The maximum Gasteiger partial charge on any atom is 0.490 e. The zero-order valence-electron chi connectivity index (χ0n) is 12.7. The first-order valence-corrected chi connectivity index (χ1v) is 7.30. The topological polar surface area (TPSA) is 67.9 Å². The van der Waals surface area contributed by atoms with Crippen LogP contribution < -0.4 is 10.1 Å². The van der Waals surface area contributed by atoms with Gasteiger partial charge in [0.15, 0.2) is 6.23 Å². The molecule has 2 atom stereocenters. The van der Waals surface area contributed by atoms with Crippen molar-refractivity contribution in [3.63, 3.8) is 0 Å². The number of hydrogen-bond acceptors (Lipinski definition) is 5. The van der Waals surface area contributed by atoms with Crippen LogP contribution in [0.4, 0.5) is 13.2 Å². The van der Waals surface area contributed by atoms with E-state index in [0.717, 1.165) is 0 Å². The van der Waals surface area contributed by atoms with Crippen molar-refractivity contribution in [1.29, 1.82) is 0 Å². The molecular formula is C15H15F3N2O4. The van der Waals surface area contributed by atoms with E-state index in [9.17, 15) is 22.8 Å². The van der Waals surface area contributed by atoms with Gasteiger partial charge < -0.3 is 14.4 Å². The van der Waals surface area contributed by atoms with E-state index in [-0.39, 0.29) is 18.9 Å². The number of carbonyl (C=O) groups excluding carboxylic acids is 2. The number of alkyl halides is 3. The lowest BCUT2D eigenvalue weighted by Crippen LogP contribution is -2.63. The monoisotopic (exact) mass is 344 g/mol. The Morgan fingerprint density at radius 1 is 1.38 bits per heavy atom. The Hall–Kier alpha value is -2.29. The summed E-state index contributed by atoms with van der Waals surface area (Å²) in [4.78, 5) is 25.1. The standard InChI is InChI=1S/C15H15F3N2O4/c1-23-9-2-3-10-8(6-9)7-11-12(24-14(22)15(16,17)18)19-4-5-20(11)13(10)21/h2-3,6,11-12,19H,4-5,7H2,1H3/t11-,12?/m1/s1. The van der Waals surface area contributed by atoms with Crippen molar-refractivity contribution in [2.75, 3.05) is 20.2 Å². The smallest absolute Gasteiger partial charge is 0.490 e. The predicted molar refractivity (Wildman–Crippen MR) is 75.5 cm³/mol. The van der Waals surface area contributed by atoms with E-state index in [1.807, 2.05) is 0 Å². The van der Waals surface area contributed by atoms with Crippen molar-refractivity contribution in [2.45, 2.75) is 24.9 Å². The van der Waals surface area contributed by atoms with Gasteiger partial charge in [-0.1, -0.05) is 0 Å². The van der Waals surface area contributed by atoms with Crippen LogP contribution in [0, 0.1) is 0 Å². The van der Waals surface area contributed by atoms with Crippen LogP contribution in [0.1, 0.15) is 15.9 Å². The summed E-state index contributed by atoms with van der Waals surface area (Å²) in [5.74, 6) is -2.02. The molecule has 1 aromatic carbocycles. The SMILES string of the molecule is COc1ccc2c(c1)C[C@@H]1C(OC(=O)C(F)(F)F)NCCN1C2=O. The van der Waals surface area contributed by atoms with Crippen LogP contribution in [0.2, 0.25) is 0 Å². The van der Waals surface area contributed by atoms with Gasteiger partial charge in [-0.25, -0.2) is 4.79 Å². The highest BCUT2D eigenvalue weighted by molar-refractivity contribution is 5.97. The van der Waals surface area contributed by atoms with Gasteiger partial charge in [0, 0.05) is 18.7 Å². The summed E-state index contributed by atoms with van der Waals surface area (Å²) < 4.78 is 47.0. The average Bonchev–Trinajstić information content (AvgIpc) is 2.54. The fraction of sp³-hybridized carbons (Fsp3) is 0.467. The summed E-state index contributed by atoms with van der Waals surface area (Å²) in [5.41, 5.74) is 1.13. The molecule has 1 fully saturated rings. The molecule has 24 heavy (non-hydrogen) atoms. The predicted octanol–water partition coefficient (Wildman–Crippen LogP) is 1.10. The fourth-order valence-electron chi connectivity index (χ4n) is 3.02. The molecule has 130 valence electrons. The van der Waals surface area contributed by atoms with E-state index < -0.39 is 24.4 Å². The largest absolute Gasteiger partial charge is 0.497 e. The lowest BCUT2D eigenvalue weighted by Gasteiger charge is -2.44. The molecule has 1 saturated heterocycles. The zero-order chi connectivity index (χ0) is 17.5. The number of benzene rings is 1. The second-order valence-corrected chi connectivity index (χ2v) is 5.57. The third-order valence-electron chi connectivity index (χ3n) is 4.15. The Morgan fingerprint density at radius 2 is 2.12 bits per heavy atom. The second kappa shape index (κ2) is 5.97. The maximum atomic E-state index is 12.6. The summed E-state index contributed by atoms with van der Waals surface area (Å²) in [7, 11) is 1.48. The molecule has 1 aromatic rings. The number of fused-ring (bicyclic) bond motifs is 2. The Labute approximate surface area is 135 Å². The van der Waals surface area contributed by atoms with E-state index in [0.29, 0.717) is 23.4 Å². The van der Waals surface area contributed by atoms with Crippen molar-refractivity contribution in [2.24, 2.45) is 0 Å². The van der Waals surface area contributed by atoms with Crippen LogP contribution in [-0.4, -0.2) is 55.4 Å². The lowest BCUT2D eigenvalue weighted by atomic mass is 9.91. The van der Waals surface area contributed by atoms with Crippen molar-refractivity contribution < 1.29 is 32.2 Å². The highest BCUT2D eigenvalue weighted by Gasteiger charge is 2.46. The summed E-state index contributed by atoms with van der Waals surface area (Å²) in [5, 5.41) is 2.73. The van der Waals surface area contributed by atoms with E-state index in [2.05, 4.69) is 10.1 Å². The molecular weight excluding hydrogens is 329 g/mol. The van der Waals surface area contributed by atoms with Gasteiger partial charge in [-0.15, -0.1) is 0 Å². The minimum Gasteiger partial charge on any atom is -0.497 e. The molecule has 0 saturated carbocycles. The number of nitrogens with one attached hydrogen (secondary N) is 1. The highest BCUT2D eigenvalue weighted by atomic mass is 19.4. The van der Waals surface area contributed by atoms with Crippen LogP contribution in [0.15, 0.2) is 18.2 Å². The molecule has 0 radical (unpaired) electrons. The molecule has 2 aliphatic rings. The van der Waals surface area contributed by atoms with E-state index >= 15 is 0 Å². The van der Waals surface area contributed by atoms with Crippen molar-refractivity contribution >= 4 is 11.9 Å². The fourth-order valence-corrected chi connectivity index (χ4v) is 3.02. The molecule has 1 unspecified atom stereocenters. The number of esters is 1. The third kappa shape index (κ3) is 2.91. The van der Waals surface area contributed by atoms with Crippen molar-refractivity contribution in [1.82, 2.24) is 10.2 Å². The Morgan fingerprint density at radius 3 is 2.79 bits per heavy atom. The number of ether oxygens (including phenoxy) is 2. The van der Waals surface area contributed by atoms with Gasteiger partial charge in [0.1, 0.15) is 5.75 Å². The molecule has 0 spiro atoms.